The lowest BCUT2D eigenvalue weighted by Crippen LogP contribution is -2.15. The zero-order valence-electron chi connectivity index (χ0n) is 13.9. The Bertz CT molecular complexity index is 339. The molecule has 0 spiro atoms. The number of aliphatic hydroxyl groups is 1. The SMILES string of the molecule is CCCCCCCCCCCC(O)C(C)c1ccncc1. The van der Waals surface area contributed by atoms with Crippen molar-refractivity contribution in [2.45, 2.75) is 90.1 Å². The number of pyridine rings is 1. The van der Waals surface area contributed by atoms with Crippen LogP contribution in [0.3, 0.4) is 0 Å². The van der Waals surface area contributed by atoms with Gasteiger partial charge >= 0.3 is 0 Å². The van der Waals surface area contributed by atoms with E-state index in [9.17, 15) is 5.11 Å². The lowest BCUT2D eigenvalue weighted by Gasteiger charge is -2.19. The summed E-state index contributed by atoms with van der Waals surface area (Å²) in [4.78, 5) is 4.03. The molecule has 2 atom stereocenters. The molecule has 2 unspecified atom stereocenters. The summed E-state index contributed by atoms with van der Waals surface area (Å²) in [5.41, 5.74) is 1.19. The van der Waals surface area contributed by atoms with Gasteiger partial charge in [0.05, 0.1) is 6.10 Å². The van der Waals surface area contributed by atoms with Crippen LogP contribution in [-0.2, 0) is 0 Å². The number of aromatic nitrogens is 1. The van der Waals surface area contributed by atoms with Crippen LogP contribution in [0.2, 0.25) is 0 Å². The van der Waals surface area contributed by atoms with E-state index >= 15 is 0 Å². The molecule has 0 radical (unpaired) electrons. The van der Waals surface area contributed by atoms with Gasteiger partial charge in [-0.05, 0) is 24.1 Å². The van der Waals surface area contributed by atoms with Gasteiger partial charge in [-0.1, -0.05) is 71.6 Å². The van der Waals surface area contributed by atoms with E-state index in [0.29, 0.717) is 0 Å². The highest BCUT2D eigenvalue weighted by Gasteiger charge is 2.15. The molecule has 0 saturated heterocycles. The summed E-state index contributed by atoms with van der Waals surface area (Å²) in [6.07, 6.45) is 16.3. The maximum atomic E-state index is 10.3. The molecule has 0 bridgehead atoms. The van der Waals surface area contributed by atoms with E-state index in [1.807, 2.05) is 12.1 Å². The van der Waals surface area contributed by atoms with Crippen molar-refractivity contribution < 1.29 is 5.11 Å². The number of rotatable bonds is 12. The number of unbranched alkanes of at least 4 members (excludes halogenated alkanes) is 8. The third kappa shape index (κ3) is 8.21. The Balaban J connectivity index is 2.02. The number of nitrogens with zero attached hydrogens (tertiary/aromatic N) is 1. The summed E-state index contributed by atoms with van der Waals surface area (Å²) in [5.74, 6) is 0.210. The van der Waals surface area contributed by atoms with Crippen LogP contribution in [0.15, 0.2) is 24.5 Å². The van der Waals surface area contributed by atoms with Crippen LogP contribution in [0.5, 0.6) is 0 Å². The molecule has 1 N–H and O–H groups in total. The Labute approximate surface area is 131 Å². The second-order valence-electron chi connectivity index (χ2n) is 6.25. The number of hydrogen-bond donors (Lipinski definition) is 1. The van der Waals surface area contributed by atoms with Crippen molar-refractivity contribution in [3.8, 4) is 0 Å². The minimum absolute atomic E-state index is 0.210. The smallest absolute Gasteiger partial charge is 0.0606 e. The van der Waals surface area contributed by atoms with E-state index in [4.69, 9.17) is 0 Å². The van der Waals surface area contributed by atoms with Gasteiger partial charge in [0, 0.05) is 18.3 Å². The monoisotopic (exact) mass is 291 g/mol. The molecular weight excluding hydrogens is 258 g/mol. The van der Waals surface area contributed by atoms with Crippen molar-refractivity contribution >= 4 is 0 Å². The molecular formula is C19H33NO. The van der Waals surface area contributed by atoms with Gasteiger partial charge in [-0.2, -0.15) is 0 Å². The first-order valence-corrected chi connectivity index (χ1v) is 8.83. The van der Waals surface area contributed by atoms with Gasteiger partial charge in [-0.15, -0.1) is 0 Å². The van der Waals surface area contributed by atoms with Crippen LogP contribution in [0.1, 0.15) is 89.5 Å². The summed E-state index contributed by atoms with van der Waals surface area (Å²) < 4.78 is 0. The third-order valence-electron chi connectivity index (χ3n) is 4.41. The van der Waals surface area contributed by atoms with E-state index < -0.39 is 0 Å². The topological polar surface area (TPSA) is 33.1 Å². The standard InChI is InChI=1S/C19H33NO/c1-3-4-5-6-7-8-9-10-11-12-19(21)17(2)18-13-15-20-16-14-18/h13-17,19,21H,3-12H2,1-2H3. The molecule has 0 aromatic carbocycles. The minimum Gasteiger partial charge on any atom is -0.393 e. The lowest BCUT2D eigenvalue weighted by atomic mass is 9.92. The fourth-order valence-corrected chi connectivity index (χ4v) is 2.80. The highest BCUT2D eigenvalue weighted by atomic mass is 16.3. The summed E-state index contributed by atoms with van der Waals surface area (Å²) in [5, 5.41) is 10.3. The first-order chi connectivity index (χ1) is 10.3. The first kappa shape index (κ1) is 18.2. The lowest BCUT2D eigenvalue weighted by molar-refractivity contribution is 0.136. The largest absolute Gasteiger partial charge is 0.393 e. The van der Waals surface area contributed by atoms with E-state index in [0.717, 1.165) is 12.8 Å². The zero-order valence-corrected chi connectivity index (χ0v) is 13.9. The van der Waals surface area contributed by atoms with Crippen LogP contribution >= 0.6 is 0 Å². The van der Waals surface area contributed by atoms with Crippen LogP contribution in [-0.4, -0.2) is 16.2 Å². The molecule has 1 heterocycles. The van der Waals surface area contributed by atoms with Crippen molar-refractivity contribution in [2.24, 2.45) is 0 Å². The molecule has 0 aliphatic carbocycles. The van der Waals surface area contributed by atoms with Crippen molar-refractivity contribution in [1.29, 1.82) is 0 Å². The molecule has 0 aliphatic heterocycles. The third-order valence-corrected chi connectivity index (χ3v) is 4.41. The number of aliphatic hydroxyl groups excluding tert-OH is 1. The maximum Gasteiger partial charge on any atom is 0.0606 e. The first-order valence-electron chi connectivity index (χ1n) is 8.83. The molecule has 1 aromatic heterocycles. The summed E-state index contributed by atoms with van der Waals surface area (Å²) in [7, 11) is 0. The van der Waals surface area contributed by atoms with Crippen LogP contribution in [0.4, 0.5) is 0 Å². The van der Waals surface area contributed by atoms with Gasteiger partial charge in [0.15, 0.2) is 0 Å². The van der Waals surface area contributed by atoms with E-state index in [1.165, 1.54) is 56.9 Å². The Morgan fingerprint density at radius 3 is 2.00 bits per heavy atom. The van der Waals surface area contributed by atoms with E-state index in [-0.39, 0.29) is 12.0 Å². The van der Waals surface area contributed by atoms with Gasteiger partial charge in [-0.3, -0.25) is 4.98 Å². The van der Waals surface area contributed by atoms with Gasteiger partial charge in [0.2, 0.25) is 0 Å². The molecule has 0 fully saturated rings. The Kier molecular flexibility index (Phi) is 10.1. The fraction of sp³-hybridized carbons (Fsp3) is 0.737. The van der Waals surface area contributed by atoms with Gasteiger partial charge in [-0.25, -0.2) is 0 Å². The van der Waals surface area contributed by atoms with Crippen molar-refractivity contribution in [3.63, 3.8) is 0 Å². The summed E-state index contributed by atoms with van der Waals surface area (Å²) >= 11 is 0. The Morgan fingerprint density at radius 2 is 1.43 bits per heavy atom. The molecule has 2 heteroatoms. The zero-order chi connectivity index (χ0) is 15.3. The van der Waals surface area contributed by atoms with E-state index in [2.05, 4.69) is 18.8 Å². The maximum absolute atomic E-state index is 10.3. The fourth-order valence-electron chi connectivity index (χ4n) is 2.80. The molecule has 0 saturated carbocycles. The Morgan fingerprint density at radius 1 is 0.905 bits per heavy atom. The quantitative estimate of drug-likeness (QED) is 0.518. The van der Waals surface area contributed by atoms with Crippen molar-refractivity contribution in [2.75, 3.05) is 0 Å². The molecule has 0 amide bonds. The average Bonchev–Trinajstić information content (AvgIpc) is 2.53. The molecule has 0 aliphatic rings. The summed E-state index contributed by atoms with van der Waals surface area (Å²) in [6, 6.07) is 4.01. The molecule has 1 aromatic rings. The van der Waals surface area contributed by atoms with Crippen LogP contribution in [0, 0.1) is 0 Å². The molecule has 1 rings (SSSR count). The normalized spacial score (nSPS) is 14.0. The minimum atomic E-state index is -0.225. The number of hydrogen-bond acceptors (Lipinski definition) is 2. The van der Waals surface area contributed by atoms with E-state index in [1.54, 1.807) is 12.4 Å². The second-order valence-corrected chi connectivity index (χ2v) is 6.25. The van der Waals surface area contributed by atoms with Gasteiger partial charge in [0.25, 0.3) is 0 Å². The van der Waals surface area contributed by atoms with Crippen molar-refractivity contribution in [3.05, 3.63) is 30.1 Å². The molecule has 2 nitrogen and oxygen atoms in total. The average molecular weight is 291 g/mol. The van der Waals surface area contributed by atoms with Crippen LogP contribution in [0.25, 0.3) is 0 Å². The predicted molar refractivity (Wildman–Crippen MR) is 90.5 cm³/mol. The van der Waals surface area contributed by atoms with Crippen molar-refractivity contribution in [1.82, 2.24) is 4.98 Å². The molecule has 120 valence electrons. The highest BCUT2D eigenvalue weighted by Crippen LogP contribution is 2.22. The predicted octanol–water partition coefficient (Wildman–Crippen LogP) is 5.47. The summed E-state index contributed by atoms with van der Waals surface area (Å²) in [6.45, 7) is 4.37. The Hall–Kier alpha value is -0.890. The highest BCUT2D eigenvalue weighted by molar-refractivity contribution is 5.16. The van der Waals surface area contributed by atoms with Gasteiger partial charge < -0.3 is 5.11 Å². The van der Waals surface area contributed by atoms with Crippen LogP contribution < -0.4 is 0 Å². The second kappa shape index (κ2) is 11.7. The molecule has 21 heavy (non-hydrogen) atoms. The van der Waals surface area contributed by atoms with Gasteiger partial charge in [0.1, 0.15) is 0 Å².